The van der Waals surface area contributed by atoms with Crippen molar-refractivity contribution >= 4 is 11.7 Å². The Hall–Kier alpha value is -0.940. The molecule has 16 heavy (non-hydrogen) atoms. The lowest BCUT2D eigenvalue weighted by Crippen LogP contribution is -2.62. The third-order valence-corrected chi connectivity index (χ3v) is 2.47. The van der Waals surface area contributed by atoms with Crippen molar-refractivity contribution in [2.45, 2.75) is 52.2 Å². The third kappa shape index (κ3) is 3.28. The van der Waals surface area contributed by atoms with Crippen LogP contribution in [-0.2, 0) is 9.59 Å². The number of hydrogen-bond acceptors (Lipinski definition) is 4. The Labute approximate surface area is 96.2 Å². The molecule has 5 heteroatoms. The van der Waals surface area contributed by atoms with Crippen molar-refractivity contribution in [2.75, 3.05) is 0 Å². The summed E-state index contributed by atoms with van der Waals surface area (Å²) in [5.74, 6) is -1.68. The van der Waals surface area contributed by atoms with E-state index < -0.39 is 23.3 Å². The van der Waals surface area contributed by atoms with Crippen LogP contribution >= 0.6 is 0 Å². The molecule has 1 amide bonds. The summed E-state index contributed by atoms with van der Waals surface area (Å²) in [6.07, 6.45) is 0.357. The summed E-state index contributed by atoms with van der Waals surface area (Å²) in [6.45, 7) is 7.19. The smallest absolute Gasteiger partial charge is 0.258 e. The Morgan fingerprint density at radius 3 is 2.00 bits per heavy atom. The fourth-order valence-electron chi connectivity index (χ4n) is 1.44. The highest BCUT2D eigenvalue weighted by Gasteiger charge is 2.47. The van der Waals surface area contributed by atoms with Crippen molar-refractivity contribution in [1.29, 1.82) is 0 Å². The first-order valence-corrected chi connectivity index (χ1v) is 5.37. The van der Waals surface area contributed by atoms with Crippen molar-refractivity contribution < 1.29 is 14.7 Å². The second-order valence-electron chi connectivity index (χ2n) is 5.31. The van der Waals surface area contributed by atoms with Crippen LogP contribution in [0.3, 0.4) is 0 Å². The van der Waals surface area contributed by atoms with Gasteiger partial charge < -0.3 is 16.6 Å². The van der Waals surface area contributed by atoms with Gasteiger partial charge in [-0.1, -0.05) is 27.7 Å². The predicted octanol–water partition coefficient (Wildman–Crippen LogP) is -0.0546. The van der Waals surface area contributed by atoms with E-state index >= 15 is 0 Å². The van der Waals surface area contributed by atoms with Gasteiger partial charge in [-0.2, -0.15) is 0 Å². The van der Waals surface area contributed by atoms with E-state index in [0.29, 0.717) is 6.42 Å². The van der Waals surface area contributed by atoms with Crippen LogP contribution in [0.4, 0.5) is 0 Å². The second kappa shape index (κ2) is 4.93. The molecule has 0 heterocycles. The zero-order valence-corrected chi connectivity index (χ0v) is 10.4. The minimum Gasteiger partial charge on any atom is -0.372 e. The van der Waals surface area contributed by atoms with Crippen LogP contribution in [0.2, 0.25) is 0 Å². The molecule has 0 rings (SSSR count). The second-order valence-corrected chi connectivity index (χ2v) is 5.31. The van der Waals surface area contributed by atoms with Crippen LogP contribution in [0.1, 0.15) is 40.5 Å². The van der Waals surface area contributed by atoms with E-state index in [1.54, 1.807) is 6.92 Å². The van der Waals surface area contributed by atoms with Gasteiger partial charge in [0.25, 0.3) is 5.91 Å². The van der Waals surface area contributed by atoms with Crippen molar-refractivity contribution in [1.82, 2.24) is 0 Å². The average molecular weight is 230 g/mol. The van der Waals surface area contributed by atoms with Gasteiger partial charge in [-0.05, 0) is 11.8 Å². The molecular weight excluding hydrogens is 208 g/mol. The molecule has 0 saturated carbocycles. The van der Waals surface area contributed by atoms with Gasteiger partial charge in [-0.3, -0.25) is 9.59 Å². The highest BCUT2D eigenvalue weighted by molar-refractivity contribution is 6.09. The molecule has 2 unspecified atom stereocenters. The molecule has 2 atom stereocenters. The van der Waals surface area contributed by atoms with Gasteiger partial charge >= 0.3 is 0 Å². The van der Waals surface area contributed by atoms with Gasteiger partial charge in [0.15, 0.2) is 5.78 Å². The molecule has 0 aliphatic heterocycles. The summed E-state index contributed by atoms with van der Waals surface area (Å²) in [6, 6.07) is -0.958. The average Bonchev–Trinajstić information content (AvgIpc) is 2.11. The lowest BCUT2D eigenvalue weighted by molar-refractivity contribution is -0.153. The molecule has 0 fully saturated rings. The van der Waals surface area contributed by atoms with Gasteiger partial charge in [0, 0.05) is 12.5 Å². The summed E-state index contributed by atoms with van der Waals surface area (Å²) in [5, 5.41) is 10.0. The molecule has 0 saturated heterocycles. The van der Waals surface area contributed by atoms with E-state index in [2.05, 4.69) is 0 Å². The molecule has 94 valence electrons. The fraction of sp³-hybridized carbons (Fsp3) is 0.818. The third-order valence-electron chi connectivity index (χ3n) is 2.47. The molecule has 0 aliphatic rings. The molecule has 0 bridgehead atoms. The van der Waals surface area contributed by atoms with Crippen LogP contribution in [0.25, 0.3) is 0 Å². The number of ketones is 1. The molecule has 0 aromatic rings. The Kier molecular flexibility index (Phi) is 4.64. The van der Waals surface area contributed by atoms with E-state index in [-0.39, 0.29) is 11.8 Å². The number of carbonyl (C=O) groups is 2. The Morgan fingerprint density at radius 1 is 1.31 bits per heavy atom. The summed E-state index contributed by atoms with van der Waals surface area (Å²) >= 11 is 0. The van der Waals surface area contributed by atoms with Gasteiger partial charge in [-0.25, -0.2) is 0 Å². The monoisotopic (exact) mass is 230 g/mol. The van der Waals surface area contributed by atoms with Gasteiger partial charge in [0.2, 0.25) is 5.60 Å². The maximum Gasteiger partial charge on any atom is 0.258 e. The Morgan fingerprint density at radius 2 is 1.75 bits per heavy atom. The first kappa shape index (κ1) is 15.1. The zero-order chi connectivity index (χ0) is 13.1. The van der Waals surface area contributed by atoms with Crippen LogP contribution in [0.15, 0.2) is 0 Å². The Balaban J connectivity index is 5.08. The minimum atomic E-state index is -2.25. The Bertz CT molecular complexity index is 283. The largest absolute Gasteiger partial charge is 0.372 e. The first-order valence-electron chi connectivity index (χ1n) is 5.37. The highest BCUT2D eigenvalue weighted by atomic mass is 16.3. The number of Topliss-reactive ketones (excluding diaryl/α,β-unsaturated/α-hetero) is 1. The predicted molar refractivity (Wildman–Crippen MR) is 61.5 cm³/mol. The number of aliphatic hydroxyl groups is 1. The standard InChI is InChI=1S/C11H22N2O3/c1-5-7(12)11(16,9(13)15)8(14)6-10(2,3)4/h7,16H,5-6,12H2,1-4H3,(H2,13,15). The number of amides is 1. The maximum absolute atomic E-state index is 11.9. The number of rotatable bonds is 5. The van der Waals surface area contributed by atoms with Gasteiger partial charge in [0.05, 0.1) is 0 Å². The lowest BCUT2D eigenvalue weighted by Gasteiger charge is -2.31. The topological polar surface area (TPSA) is 106 Å². The molecular formula is C11H22N2O3. The summed E-state index contributed by atoms with van der Waals surface area (Å²) in [5.41, 5.74) is 8.10. The lowest BCUT2D eigenvalue weighted by atomic mass is 9.79. The highest BCUT2D eigenvalue weighted by Crippen LogP contribution is 2.25. The fourth-order valence-corrected chi connectivity index (χ4v) is 1.44. The summed E-state index contributed by atoms with van der Waals surface area (Å²) in [7, 11) is 0. The van der Waals surface area contributed by atoms with Crippen LogP contribution in [0.5, 0.6) is 0 Å². The van der Waals surface area contributed by atoms with E-state index in [1.807, 2.05) is 20.8 Å². The number of carbonyl (C=O) groups excluding carboxylic acids is 2. The first-order chi connectivity index (χ1) is 7.05. The summed E-state index contributed by atoms with van der Waals surface area (Å²) in [4.78, 5) is 23.1. The summed E-state index contributed by atoms with van der Waals surface area (Å²) < 4.78 is 0. The molecule has 0 aliphatic carbocycles. The van der Waals surface area contributed by atoms with Crippen LogP contribution in [-0.4, -0.2) is 28.4 Å². The van der Waals surface area contributed by atoms with Crippen molar-refractivity contribution in [2.24, 2.45) is 16.9 Å². The normalized spacial score (nSPS) is 17.6. The van der Waals surface area contributed by atoms with Gasteiger partial charge in [0.1, 0.15) is 0 Å². The van der Waals surface area contributed by atoms with Crippen molar-refractivity contribution in [3.63, 3.8) is 0 Å². The SMILES string of the molecule is CCC(N)C(O)(C(N)=O)C(=O)CC(C)(C)C. The molecule has 0 radical (unpaired) electrons. The van der Waals surface area contributed by atoms with Gasteiger partial charge in [-0.15, -0.1) is 0 Å². The number of nitrogens with two attached hydrogens (primary N) is 2. The van der Waals surface area contributed by atoms with E-state index in [4.69, 9.17) is 11.5 Å². The van der Waals surface area contributed by atoms with Crippen molar-refractivity contribution in [3.8, 4) is 0 Å². The molecule has 5 nitrogen and oxygen atoms in total. The minimum absolute atomic E-state index is 0.0557. The molecule has 0 aromatic heterocycles. The van der Waals surface area contributed by atoms with Crippen LogP contribution < -0.4 is 11.5 Å². The van der Waals surface area contributed by atoms with Crippen LogP contribution in [0, 0.1) is 5.41 Å². The quantitative estimate of drug-likeness (QED) is 0.575. The van der Waals surface area contributed by atoms with E-state index in [9.17, 15) is 14.7 Å². The van der Waals surface area contributed by atoms with E-state index in [0.717, 1.165) is 0 Å². The number of primary amides is 1. The van der Waals surface area contributed by atoms with Crippen molar-refractivity contribution in [3.05, 3.63) is 0 Å². The molecule has 0 aromatic carbocycles. The maximum atomic E-state index is 11.9. The van der Waals surface area contributed by atoms with E-state index in [1.165, 1.54) is 0 Å². The molecule has 0 spiro atoms. The zero-order valence-electron chi connectivity index (χ0n) is 10.4. The molecule has 5 N–H and O–H groups in total. The number of hydrogen-bond donors (Lipinski definition) is 3.